The molecule has 0 heterocycles. The van der Waals surface area contributed by atoms with E-state index in [2.05, 4.69) is 0 Å². The molecule has 0 aromatic heterocycles. The van der Waals surface area contributed by atoms with E-state index in [0.29, 0.717) is 0 Å². The molecule has 0 radical (unpaired) electrons. The molecule has 1 rings (SSSR count). The van der Waals surface area contributed by atoms with Crippen LogP contribution in [0.15, 0.2) is 29.2 Å². The molecule has 1 amide bonds. The Bertz CT molecular complexity index is 570. The Morgan fingerprint density at radius 2 is 1.74 bits per heavy atom. The molecule has 7 nitrogen and oxygen atoms in total. The van der Waals surface area contributed by atoms with Crippen molar-refractivity contribution in [3.63, 3.8) is 0 Å². The Morgan fingerprint density at radius 3 is 2.26 bits per heavy atom. The van der Waals surface area contributed by atoms with E-state index >= 15 is 0 Å². The van der Waals surface area contributed by atoms with Crippen molar-refractivity contribution in [2.24, 2.45) is 0 Å². The maximum atomic E-state index is 12.6. The van der Waals surface area contributed by atoms with E-state index in [0.717, 1.165) is 24.3 Å². The molecule has 0 bridgehead atoms. The molecule has 0 atom stereocenters. The summed E-state index contributed by atoms with van der Waals surface area (Å²) in [4.78, 5) is 20.9. The molecule has 0 aliphatic heterocycles. The van der Waals surface area contributed by atoms with Crippen molar-refractivity contribution in [1.29, 1.82) is 0 Å². The predicted molar refractivity (Wildman–Crippen MR) is 59.6 cm³/mol. The van der Waals surface area contributed by atoms with Crippen LogP contribution in [0, 0.1) is 5.82 Å². The van der Waals surface area contributed by atoms with Gasteiger partial charge >= 0.3 is 0 Å². The minimum atomic E-state index is -3.95. The van der Waals surface area contributed by atoms with Crippen LogP contribution in [-0.2, 0) is 19.6 Å². The van der Waals surface area contributed by atoms with Crippen LogP contribution in [0.5, 0.6) is 0 Å². The van der Waals surface area contributed by atoms with E-state index in [1.807, 2.05) is 10.0 Å². The Kier molecular flexibility index (Phi) is 4.95. The average Bonchev–Trinajstić information content (AvgIpc) is 2.34. The third-order valence-corrected chi connectivity index (χ3v) is 3.39. The van der Waals surface area contributed by atoms with Crippen LogP contribution in [0.3, 0.4) is 0 Å². The Labute approximate surface area is 108 Å². The largest absolute Gasteiger partial charge is 0.548 e. The first-order chi connectivity index (χ1) is 8.81. The van der Waals surface area contributed by atoms with Gasteiger partial charge in [-0.15, -0.1) is 0 Å². The van der Waals surface area contributed by atoms with Gasteiger partial charge in [0.2, 0.25) is 15.9 Å². The molecule has 0 fully saturated rings. The summed E-state index contributed by atoms with van der Waals surface area (Å²) in [7, 11) is -3.95. The molecule has 0 spiro atoms. The van der Waals surface area contributed by atoms with Crippen molar-refractivity contribution in [2.45, 2.75) is 4.90 Å². The summed E-state index contributed by atoms with van der Waals surface area (Å²) in [5, 5.41) is 12.0. The van der Waals surface area contributed by atoms with Crippen LogP contribution < -0.4 is 15.1 Å². The first kappa shape index (κ1) is 15.1. The zero-order valence-electron chi connectivity index (χ0n) is 9.55. The molecule has 0 aliphatic carbocycles. The van der Waals surface area contributed by atoms with Crippen molar-refractivity contribution in [3.05, 3.63) is 30.1 Å². The third-order valence-electron chi connectivity index (χ3n) is 1.98. The molecular weight excluding hydrogens is 279 g/mol. The summed E-state index contributed by atoms with van der Waals surface area (Å²) in [6.07, 6.45) is 0. The lowest BCUT2D eigenvalue weighted by atomic mass is 10.4. The second kappa shape index (κ2) is 6.25. The number of carbonyl (C=O) groups is 2. The van der Waals surface area contributed by atoms with Crippen molar-refractivity contribution < 1.29 is 27.5 Å². The van der Waals surface area contributed by atoms with Gasteiger partial charge in [0.15, 0.2) is 0 Å². The fraction of sp³-hybridized carbons (Fsp3) is 0.200. The maximum absolute atomic E-state index is 12.6. The SMILES string of the molecule is O=C([O-])CNC(=O)CNS(=O)(=O)c1ccc(F)cc1. The molecule has 1 aromatic carbocycles. The van der Waals surface area contributed by atoms with Gasteiger partial charge in [0.25, 0.3) is 0 Å². The highest BCUT2D eigenvalue weighted by atomic mass is 32.2. The van der Waals surface area contributed by atoms with Gasteiger partial charge in [-0.2, -0.15) is 0 Å². The van der Waals surface area contributed by atoms with Gasteiger partial charge in [0.1, 0.15) is 5.82 Å². The van der Waals surface area contributed by atoms with Gasteiger partial charge in [0, 0.05) is 0 Å². The highest BCUT2D eigenvalue weighted by molar-refractivity contribution is 7.89. The van der Waals surface area contributed by atoms with Crippen molar-refractivity contribution in [2.75, 3.05) is 13.1 Å². The van der Waals surface area contributed by atoms with Crippen LogP contribution in [0.1, 0.15) is 0 Å². The molecule has 2 N–H and O–H groups in total. The Hall–Kier alpha value is -2.00. The predicted octanol–water partition coefficient (Wildman–Crippen LogP) is -2.03. The van der Waals surface area contributed by atoms with E-state index in [-0.39, 0.29) is 4.90 Å². The van der Waals surface area contributed by atoms with Gasteiger partial charge in [0.05, 0.1) is 24.0 Å². The zero-order valence-corrected chi connectivity index (χ0v) is 10.4. The number of nitrogens with one attached hydrogen (secondary N) is 2. The molecule has 0 unspecified atom stereocenters. The quantitative estimate of drug-likeness (QED) is 0.626. The number of aliphatic carboxylic acids is 1. The standard InChI is InChI=1S/C10H11FN2O5S/c11-7-1-3-8(4-2-7)19(17,18)13-5-9(14)12-6-10(15)16/h1-4,13H,5-6H2,(H,12,14)(H,15,16)/p-1. The molecule has 19 heavy (non-hydrogen) atoms. The van der Waals surface area contributed by atoms with Crippen molar-refractivity contribution in [3.8, 4) is 0 Å². The van der Waals surface area contributed by atoms with Crippen LogP contribution in [0.4, 0.5) is 4.39 Å². The fourth-order valence-corrected chi connectivity index (χ4v) is 2.07. The highest BCUT2D eigenvalue weighted by Gasteiger charge is 2.15. The molecular formula is C10H10FN2O5S-. The summed E-state index contributed by atoms with van der Waals surface area (Å²) in [5.74, 6) is -2.91. The number of amides is 1. The van der Waals surface area contributed by atoms with E-state index in [9.17, 15) is 27.5 Å². The third kappa shape index (κ3) is 5.02. The second-order valence-corrected chi connectivity index (χ2v) is 5.19. The number of sulfonamides is 1. The lowest BCUT2D eigenvalue weighted by molar-refractivity contribution is -0.304. The number of carboxylic acids is 1. The van der Waals surface area contributed by atoms with E-state index in [1.165, 1.54) is 0 Å². The number of carbonyl (C=O) groups excluding carboxylic acids is 2. The summed E-state index contributed by atoms with van der Waals surface area (Å²) in [6.45, 7) is -1.34. The Morgan fingerprint density at radius 1 is 1.16 bits per heavy atom. The van der Waals surface area contributed by atoms with Gasteiger partial charge in [-0.3, -0.25) is 4.79 Å². The zero-order chi connectivity index (χ0) is 14.5. The lowest BCUT2D eigenvalue weighted by Crippen LogP contribution is -2.42. The molecule has 0 saturated carbocycles. The number of hydrogen-bond donors (Lipinski definition) is 2. The number of halogens is 1. The molecule has 0 aliphatic rings. The normalized spacial score (nSPS) is 11.0. The van der Waals surface area contributed by atoms with Gasteiger partial charge in [-0.1, -0.05) is 0 Å². The topological polar surface area (TPSA) is 115 Å². The number of rotatable bonds is 6. The molecule has 104 valence electrons. The van der Waals surface area contributed by atoms with E-state index < -0.39 is 40.8 Å². The first-order valence-corrected chi connectivity index (χ1v) is 6.51. The van der Waals surface area contributed by atoms with Crippen molar-refractivity contribution >= 4 is 21.9 Å². The summed E-state index contributed by atoms with van der Waals surface area (Å²) in [6, 6.07) is 4.00. The lowest BCUT2D eigenvalue weighted by Gasteiger charge is -2.08. The summed E-state index contributed by atoms with van der Waals surface area (Å²) >= 11 is 0. The van der Waals surface area contributed by atoms with Gasteiger partial charge < -0.3 is 15.2 Å². The second-order valence-electron chi connectivity index (χ2n) is 3.43. The van der Waals surface area contributed by atoms with Gasteiger partial charge in [-0.05, 0) is 24.3 Å². The minimum absolute atomic E-state index is 0.207. The monoisotopic (exact) mass is 289 g/mol. The Balaban J connectivity index is 2.58. The average molecular weight is 289 g/mol. The summed E-state index contributed by atoms with van der Waals surface area (Å²) in [5.41, 5.74) is 0. The number of benzene rings is 1. The highest BCUT2D eigenvalue weighted by Crippen LogP contribution is 2.08. The van der Waals surface area contributed by atoms with Crippen molar-refractivity contribution in [1.82, 2.24) is 10.0 Å². The van der Waals surface area contributed by atoms with E-state index in [1.54, 1.807) is 0 Å². The van der Waals surface area contributed by atoms with Crippen LogP contribution in [0.2, 0.25) is 0 Å². The number of hydrogen-bond acceptors (Lipinski definition) is 5. The molecule has 1 aromatic rings. The van der Waals surface area contributed by atoms with E-state index in [4.69, 9.17) is 0 Å². The number of carboxylic acid groups (broad SMARTS) is 1. The maximum Gasteiger partial charge on any atom is 0.241 e. The van der Waals surface area contributed by atoms with Crippen LogP contribution in [0.25, 0.3) is 0 Å². The molecule has 9 heteroatoms. The molecule has 0 saturated heterocycles. The van der Waals surface area contributed by atoms with Crippen LogP contribution >= 0.6 is 0 Å². The summed E-state index contributed by atoms with van der Waals surface area (Å²) < 4.78 is 37.9. The minimum Gasteiger partial charge on any atom is -0.548 e. The van der Waals surface area contributed by atoms with Crippen LogP contribution in [-0.4, -0.2) is 33.4 Å². The smallest absolute Gasteiger partial charge is 0.241 e. The first-order valence-electron chi connectivity index (χ1n) is 5.03. The fourth-order valence-electron chi connectivity index (χ4n) is 1.09. The van der Waals surface area contributed by atoms with Gasteiger partial charge in [-0.25, -0.2) is 17.5 Å².